The third kappa shape index (κ3) is 59.1. The lowest BCUT2D eigenvalue weighted by Gasteiger charge is -2.27. The van der Waals surface area contributed by atoms with Crippen molar-refractivity contribution in [3.63, 3.8) is 0 Å². The van der Waals surface area contributed by atoms with Gasteiger partial charge in [-0.2, -0.15) is 0 Å². The van der Waals surface area contributed by atoms with Crippen LogP contribution < -0.4 is 0 Å². The first-order valence-corrected chi connectivity index (χ1v) is 36.8. The summed E-state index contributed by atoms with van der Waals surface area (Å²) in [7, 11) is 0. The predicted molar refractivity (Wildman–Crippen MR) is 365 cm³/mol. The van der Waals surface area contributed by atoms with Gasteiger partial charge in [-0.15, -0.1) is 0 Å². The van der Waals surface area contributed by atoms with Crippen LogP contribution >= 0.6 is 11.8 Å². The van der Waals surface area contributed by atoms with E-state index in [1.807, 2.05) is 0 Å². The van der Waals surface area contributed by atoms with Crippen molar-refractivity contribution < 1.29 is 52.3 Å². The number of unbranched alkanes of at least 4 members (excludes halogenated alkanes) is 22. The molecule has 1 unspecified atom stereocenters. The number of esters is 3. The van der Waals surface area contributed by atoms with E-state index in [2.05, 4.69) is 102 Å². The molecule has 0 aliphatic heterocycles. The average molecular weight is 1250 g/mol. The van der Waals surface area contributed by atoms with E-state index in [1.165, 1.54) is 88.8 Å². The molecule has 0 saturated heterocycles. The number of carbonyl (C=O) groups is 4. The van der Waals surface area contributed by atoms with Crippen LogP contribution in [0.15, 0.2) is 48.6 Å². The molecule has 0 aliphatic carbocycles. The molecule has 1 amide bonds. The molecular formula is C73H134N2O11S. The van der Waals surface area contributed by atoms with Gasteiger partial charge in [0.25, 0.3) is 5.24 Å². The molecule has 0 aromatic carbocycles. The van der Waals surface area contributed by atoms with Gasteiger partial charge in [0.2, 0.25) is 0 Å². The van der Waals surface area contributed by atoms with Gasteiger partial charge < -0.3 is 43.0 Å². The Kier molecular flexibility index (Phi) is 65.1. The second-order valence-electron chi connectivity index (χ2n) is 23.4. The highest BCUT2D eigenvalue weighted by molar-refractivity contribution is 8.13. The molecule has 87 heavy (non-hydrogen) atoms. The zero-order valence-electron chi connectivity index (χ0n) is 57.2. The fourth-order valence-corrected chi connectivity index (χ4v) is 10.6. The Hall–Kier alpha value is -3.01. The largest absolute Gasteiger partial charge is 0.466 e. The normalized spacial score (nSPS) is 12.4. The Morgan fingerprint density at radius 3 is 1.29 bits per heavy atom. The molecule has 0 spiro atoms. The van der Waals surface area contributed by atoms with Crippen LogP contribution in [0.5, 0.6) is 0 Å². The van der Waals surface area contributed by atoms with Crippen molar-refractivity contribution in [2.45, 2.75) is 305 Å². The Morgan fingerprint density at radius 2 is 0.793 bits per heavy atom. The molecule has 0 fully saturated rings. The van der Waals surface area contributed by atoms with Crippen molar-refractivity contribution in [3.8, 4) is 0 Å². The molecule has 0 rings (SSSR count). The average Bonchev–Trinajstić information content (AvgIpc) is 3.71. The summed E-state index contributed by atoms with van der Waals surface area (Å²) in [6.45, 7) is 20.9. The van der Waals surface area contributed by atoms with E-state index in [0.29, 0.717) is 64.4 Å². The van der Waals surface area contributed by atoms with Crippen molar-refractivity contribution in [2.24, 2.45) is 5.92 Å². The molecular weight excluding hydrogens is 1110 g/mol. The van der Waals surface area contributed by atoms with Gasteiger partial charge >= 0.3 is 17.9 Å². The van der Waals surface area contributed by atoms with E-state index in [-0.39, 0.29) is 62.4 Å². The number of hydrogen-bond acceptors (Lipinski definition) is 13. The topological polar surface area (TPSA) is 139 Å². The zero-order valence-corrected chi connectivity index (χ0v) is 58.0. The first kappa shape index (κ1) is 84.0. The lowest BCUT2D eigenvalue weighted by Crippen LogP contribution is -2.38. The van der Waals surface area contributed by atoms with Crippen LogP contribution in [0.2, 0.25) is 0 Å². The van der Waals surface area contributed by atoms with Gasteiger partial charge in [-0.3, -0.25) is 19.2 Å². The van der Waals surface area contributed by atoms with Gasteiger partial charge in [0.15, 0.2) is 12.6 Å². The number of nitrogens with zero attached hydrogens (tertiary/aromatic N) is 2. The van der Waals surface area contributed by atoms with Crippen LogP contribution in [0.4, 0.5) is 4.79 Å². The van der Waals surface area contributed by atoms with E-state index in [1.54, 1.807) is 4.90 Å². The summed E-state index contributed by atoms with van der Waals surface area (Å²) in [5.74, 6) is -0.858. The summed E-state index contributed by atoms with van der Waals surface area (Å²) in [5, 5.41) is -0.110. The highest BCUT2D eigenvalue weighted by atomic mass is 32.2. The smallest absolute Gasteiger partial charge is 0.305 e. The molecule has 0 aromatic heterocycles. The summed E-state index contributed by atoms with van der Waals surface area (Å²) < 4.78 is 42.4. The fraction of sp³-hybridized carbons (Fsp3) is 0.836. The number of thioether (sulfide) groups is 1. The van der Waals surface area contributed by atoms with Crippen molar-refractivity contribution in [3.05, 3.63) is 48.6 Å². The van der Waals surface area contributed by atoms with E-state index in [9.17, 15) is 19.2 Å². The summed E-state index contributed by atoms with van der Waals surface area (Å²) in [4.78, 5) is 58.4. The maximum atomic E-state index is 14.2. The van der Waals surface area contributed by atoms with Crippen LogP contribution in [0.1, 0.15) is 292 Å². The first-order valence-electron chi connectivity index (χ1n) is 35.8. The van der Waals surface area contributed by atoms with E-state index < -0.39 is 18.5 Å². The predicted octanol–water partition coefficient (Wildman–Crippen LogP) is 19.6. The van der Waals surface area contributed by atoms with Gasteiger partial charge in [-0.25, -0.2) is 0 Å². The van der Waals surface area contributed by atoms with Crippen molar-refractivity contribution in [2.75, 3.05) is 84.7 Å². The lowest BCUT2D eigenvalue weighted by atomic mass is 10.1. The molecule has 0 aromatic rings. The quantitative estimate of drug-likeness (QED) is 0.0188. The number of allylic oxidation sites excluding steroid dienone is 8. The van der Waals surface area contributed by atoms with Gasteiger partial charge in [0.05, 0.1) is 32.7 Å². The van der Waals surface area contributed by atoms with E-state index in [0.717, 1.165) is 148 Å². The zero-order chi connectivity index (χ0) is 63.6. The van der Waals surface area contributed by atoms with Crippen LogP contribution in [0.3, 0.4) is 0 Å². The maximum Gasteiger partial charge on any atom is 0.305 e. The minimum atomic E-state index is -0.500. The van der Waals surface area contributed by atoms with Crippen LogP contribution in [0, 0.1) is 5.92 Å². The summed E-state index contributed by atoms with van der Waals surface area (Å²) in [5.41, 5.74) is 0. The molecule has 0 heterocycles. The van der Waals surface area contributed by atoms with Crippen molar-refractivity contribution >= 4 is 34.9 Å². The second-order valence-corrected chi connectivity index (χ2v) is 24.5. The molecule has 508 valence electrons. The Labute approximate surface area is 538 Å². The van der Waals surface area contributed by atoms with Gasteiger partial charge in [0, 0.05) is 70.5 Å². The van der Waals surface area contributed by atoms with Gasteiger partial charge in [-0.05, 0) is 135 Å². The second kappa shape index (κ2) is 67.4. The van der Waals surface area contributed by atoms with E-state index in [4.69, 9.17) is 33.2 Å². The molecule has 0 radical (unpaired) electrons. The SMILES string of the molecule is CC/C=C\CCCCOC(CCC(=O)OCCCN(CC(COC(=O)CCCCCCC/C=C\C/C=C\CCCCC)COC(=O)CCC(OCCCCCCCC)OCCCCCCCC)C(=O)SCCCN(CC)CC)OCCCC/C=C\CC. The molecule has 0 aliphatic rings. The summed E-state index contributed by atoms with van der Waals surface area (Å²) in [6.07, 6.45) is 53.4. The monoisotopic (exact) mass is 1250 g/mol. The molecule has 1 atom stereocenters. The number of rotatable bonds is 66. The summed E-state index contributed by atoms with van der Waals surface area (Å²) in [6, 6.07) is 0. The van der Waals surface area contributed by atoms with E-state index >= 15 is 0 Å². The highest BCUT2D eigenvalue weighted by Gasteiger charge is 2.24. The van der Waals surface area contributed by atoms with Crippen molar-refractivity contribution in [1.82, 2.24) is 9.80 Å². The fourth-order valence-electron chi connectivity index (χ4n) is 9.78. The number of amides is 1. The summed E-state index contributed by atoms with van der Waals surface area (Å²) >= 11 is 1.27. The Bertz CT molecular complexity index is 1610. The van der Waals surface area contributed by atoms with Gasteiger partial charge in [0.1, 0.15) is 0 Å². The molecule has 0 bridgehead atoms. The van der Waals surface area contributed by atoms with Crippen molar-refractivity contribution in [1.29, 1.82) is 0 Å². The lowest BCUT2D eigenvalue weighted by molar-refractivity contribution is -0.161. The minimum absolute atomic E-state index is 0.000246. The Morgan fingerprint density at radius 1 is 0.391 bits per heavy atom. The molecule has 14 heteroatoms. The molecule has 0 N–H and O–H groups in total. The standard InChI is InChI=1S/C73H134N2O11S/c1-8-15-20-25-30-31-32-33-34-35-36-37-38-39-44-51-68(76)85-65-67(66-86-70(78)53-55-72(83-60-47-42-28-23-18-11-4)84-61-48-43-29-24-19-12-5)64-75(73(79)87-63-50-56-74(13-6)14-7)57-49-62-80-69(77)52-54-71(81-58-45-40-26-21-16-9-2)82-59-46-41-27-22-17-10-3/h16-17,21-22,30-31,33-34,67,71-72H,8-15,18-20,23-29,32,35-66H2,1-7H3/b21-16-,22-17-,31-30-,34-33-. The number of ether oxygens (including phenoxy) is 7. The highest BCUT2D eigenvalue weighted by Crippen LogP contribution is 2.19. The Balaban J connectivity index is 6.02. The van der Waals surface area contributed by atoms with Crippen LogP contribution in [-0.4, -0.2) is 130 Å². The molecule has 13 nitrogen and oxygen atoms in total. The minimum Gasteiger partial charge on any atom is -0.466 e. The number of hydrogen-bond donors (Lipinski definition) is 0. The third-order valence-electron chi connectivity index (χ3n) is 15.3. The van der Waals surface area contributed by atoms with Gasteiger partial charge in [-0.1, -0.05) is 205 Å². The first-order chi connectivity index (χ1) is 42.7. The maximum absolute atomic E-state index is 14.2. The van der Waals surface area contributed by atoms with Crippen LogP contribution in [-0.2, 0) is 47.5 Å². The number of carbonyl (C=O) groups excluding carboxylic acids is 4. The third-order valence-corrected chi connectivity index (χ3v) is 16.3. The molecule has 0 saturated carbocycles. The van der Waals surface area contributed by atoms with Crippen LogP contribution in [0.25, 0.3) is 0 Å².